The van der Waals surface area contributed by atoms with Gasteiger partial charge in [-0.2, -0.15) is 0 Å². The summed E-state index contributed by atoms with van der Waals surface area (Å²) in [4.78, 5) is 26.3. The number of ether oxygens (including phenoxy) is 1. The maximum absolute atomic E-state index is 13.2. The molecule has 0 saturated carbocycles. The number of aliphatic hydroxyl groups excluding tert-OH is 2. The zero-order valence-electron chi connectivity index (χ0n) is 43.6. The van der Waals surface area contributed by atoms with Crippen LogP contribution in [-0.4, -0.2) is 46.9 Å². The van der Waals surface area contributed by atoms with E-state index in [1.54, 1.807) is 0 Å². The van der Waals surface area contributed by atoms with E-state index >= 15 is 0 Å². The van der Waals surface area contributed by atoms with Crippen molar-refractivity contribution in [1.82, 2.24) is 5.32 Å². The predicted molar refractivity (Wildman–Crippen MR) is 282 cm³/mol. The molecule has 3 atom stereocenters. The molecule has 0 bridgehead atoms. The van der Waals surface area contributed by atoms with Gasteiger partial charge in [0.25, 0.3) is 0 Å². The monoisotopic (exact) mass is 914 g/mol. The van der Waals surface area contributed by atoms with Crippen LogP contribution < -0.4 is 5.32 Å². The summed E-state index contributed by atoms with van der Waals surface area (Å²) in [5.74, 6) is -0.469. The van der Waals surface area contributed by atoms with Crippen molar-refractivity contribution in [3.8, 4) is 0 Å². The number of hydrogen-bond acceptors (Lipinski definition) is 5. The lowest BCUT2D eigenvalue weighted by atomic mass is 10.0. The van der Waals surface area contributed by atoms with E-state index < -0.39 is 18.2 Å². The number of unbranched alkanes of at least 4 members (excludes halogenated alkanes) is 34. The van der Waals surface area contributed by atoms with Crippen LogP contribution >= 0.6 is 0 Å². The highest BCUT2D eigenvalue weighted by Gasteiger charge is 2.24. The molecule has 0 aromatic heterocycles. The van der Waals surface area contributed by atoms with Crippen molar-refractivity contribution in [2.24, 2.45) is 0 Å². The van der Waals surface area contributed by atoms with E-state index in [1.165, 1.54) is 193 Å². The Morgan fingerprint density at radius 1 is 0.446 bits per heavy atom. The van der Waals surface area contributed by atoms with Crippen LogP contribution in [0.2, 0.25) is 0 Å². The van der Waals surface area contributed by atoms with Crippen molar-refractivity contribution < 1.29 is 24.5 Å². The van der Waals surface area contributed by atoms with Crippen molar-refractivity contribution in [3.63, 3.8) is 0 Å². The molecule has 65 heavy (non-hydrogen) atoms. The van der Waals surface area contributed by atoms with Gasteiger partial charge in [0.2, 0.25) is 5.91 Å². The van der Waals surface area contributed by atoms with Crippen LogP contribution in [-0.2, 0) is 14.3 Å². The number of allylic oxidation sites excluding steroid dienone is 6. The third-order valence-electron chi connectivity index (χ3n) is 13.2. The van der Waals surface area contributed by atoms with Gasteiger partial charge < -0.3 is 20.3 Å². The molecule has 0 saturated heterocycles. The van der Waals surface area contributed by atoms with Gasteiger partial charge in [-0.05, 0) is 83.5 Å². The topological polar surface area (TPSA) is 95.9 Å². The van der Waals surface area contributed by atoms with Crippen molar-refractivity contribution in [1.29, 1.82) is 0 Å². The Hall–Kier alpha value is -1.92. The molecule has 0 rings (SSSR count). The Morgan fingerprint density at radius 2 is 0.785 bits per heavy atom. The van der Waals surface area contributed by atoms with Gasteiger partial charge >= 0.3 is 5.97 Å². The average molecular weight is 915 g/mol. The van der Waals surface area contributed by atoms with E-state index in [9.17, 15) is 19.8 Å². The molecule has 0 aliphatic heterocycles. The SMILES string of the molecule is CCCCC/C=C\C/C=C\CCCCCCCCCCCC(=O)OC(CCCCCCCCC/C=C/CCCCCCCC)CC(=O)NC(CO)C(O)CCCCCCCCCCCC. The zero-order chi connectivity index (χ0) is 47.4. The second kappa shape index (κ2) is 53.0. The van der Waals surface area contributed by atoms with E-state index in [1.807, 2.05) is 0 Å². The first-order chi connectivity index (χ1) is 32.0. The van der Waals surface area contributed by atoms with E-state index in [2.05, 4.69) is 62.5 Å². The smallest absolute Gasteiger partial charge is 0.306 e. The lowest BCUT2D eigenvalue weighted by Gasteiger charge is -2.24. The van der Waals surface area contributed by atoms with Gasteiger partial charge in [0, 0.05) is 6.42 Å². The molecule has 0 heterocycles. The van der Waals surface area contributed by atoms with E-state index in [-0.39, 0.29) is 24.9 Å². The number of hydrogen-bond donors (Lipinski definition) is 3. The highest BCUT2D eigenvalue weighted by atomic mass is 16.5. The van der Waals surface area contributed by atoms with Gasteiger partial charge in [0.05, 0.1) is 25.2 Å². The fourth-order valence-electron chi connectivity index (χ4n) is 8.81. The Balaban J connectivity index is 4.52. The Kier molecular flexibility index (Phi) is 51.5. The van der Waals surface area contributed by atoms with Crippen molar-refractivity contribution in [3.05, 3.63) is 36.5 Å². The summed E-state index contributed by atoms with van der Waals surface area (Å²) in [6.45, 7) is 6.47. The minimum absolute atomic E-state index is 0.0758. The molecule has 0 aromatic carbocycles. The summed E-state index contributed by atoms with van der Waals surface area (Å²) in [5.41, 5.74) is 0. The van der Waals surface area contributed by atoms with Crippen molar-refractivity contribution >= 4 is 11.9 Å². The van der Waals surface area contributed by atoms with Crippen LogP contribution in [0, 0.1) is 0 Å². The predicted octanol–water partition coefficient (Wildman–Crippen LogP) is 17.6. The Bertz CT molecular complexity index is 1070. The van der Waals surface area contributed by atoms with Crippen LogP contribution in [0.1, 0.15) is 303 Å². The minimum Gasteiger partial charge on any atom is -0.462 e. The summed E-state index contributed by atoms with van der Waals surface area (Å²) >= 11 is 0. The largest absolute Gasteiger partial charge is 0.462 e. The Labute approximate surface area is 404 Å². The number of amides is 1. The number of nitrogens with one attached hydrogen (secondary N) is 1. The van der Waals surface area contributed by atoms with E-state index in [0.29, 0.717) is 19.3 Å². The zero-order valence-corrected chi connectivity index (χ0v) is 43.6. The van der Waals surface area contributed by atoms with Gasteiger partial charge in [0.1, 0.15) is 6.10 Å². The molecule has 382 valence electrons. The molecule has 6 nitrogen and oxygen atoms in total. The lowest BCUT2D eigenvalue weighted by molar-refractivity contribution is -0.151. The number of carbonyl (C=O) groups is 2. The highest BCUT2D eigenvalue weighted by Crippen LogP contribution is 2.18. The third-order valence-corrected chi connectivity index (χ3v) is 13.2. The van der Waals surface area contributed by atoms with Crippen molar-refractivity contribution in [2.75, 3.05) is 6.61 Å². The maximum Gasteiger partial charge on any atom is 0.306 e. The van der Waals surface area contributed by atoms with Crippen LogP contribution in [0.4, 0.5) is 0 Å². The summed E-state index contributed by atoms with van der Waals surface area (Å²) < 4.78 is 5.96. The minimum atomic E-state index is -0.787. The van der Waals surface area contributed by atoms with E-state index in [0.717, 1.165) is 64.2 Å². The second-order valence-electron chi connectivity index (χ2n) is 19.7. The maximum atomic E-state index is 13.2. The third kappa shape index (κ3) is 48.3. The van der Waals surface area contributed by atoms with Gasteiger partial charge in [-0.25, -0.2) is 0 Å². The number of aliphatic hydroxyl groups is 2. The first-order valence-corrected chi connectivity index (χ1v) is 28.7. The summed E-state index contributed by atoms with van der Waals surface area (Å²) in [7, 11) is 0. The van der Waals surface area contributed by atoms with Gasteiger partial charge in [-0.15, -0.1) is 0 Å². The van der Waals surface area contributed by atoms with Gasteiger partial charge in [-0.3, -0.25) is 9.59 Å². The van der Waals surface area contributed by atoms with Crippen LogP contribution in [0.15, 0.2) is 36.5 Å². The molecule has 3 unspecified atom stereocenters. The summed E-state index contributed by atoms with van der Waals surface area (Å²) in [6.07, 6.45) is 63.5. The van der Waals surface area contributed by atoms with E-state index in [4.69, 9.17) is 4.74 Å². The molecule has 0 radical (unpaired) electrons. The quantitative estimate of drug-likeness (QED) is 0.0321. The fourth-order valence-corrected chi connectivity index (χ4v) is 8.81. The number of esters is 1. The van der Waals surface area contributed by atoms with Crippen LogP contribution in [0.25, 0.3) is 0 Å². The molecular formula is C59H111NO5. The first-order valence-electron chi connectivity index (χ1n) is 28.7. The fraction of sp³-hybridized carbons (Fsp3) is 0.864. The average Bonchev–Trinajstić information content (AvgIpc) is 3.30. The Morgan fingerprint density at radius 3 is 1.22 bits per heavy atom. The number of carbonyl (C=O) groups excluding carboxylic acids is 2. The van der Waals surface area contributed by atoms with Crippen LogP contribution in [0.5, 0.6) is 0 Å². The molecule has 0 aromatic rings. The first kappa shape index (κ1) is 63.1. The molecule has 0 aliphatic carbocycles. The molecule has 3 N–H and O–H groups in total. The standard InChI is InChI=1S/C59H111NO5/c1-4-7-10-13-16-19-22-24-26-28-29-31-33-35-37-40-43-46-49-52-59(64)65-55(50-47-44-41-38-36-34-32-30-27-25-23-20-17-14-11-8-5-2)53-58(63)60-56(54-61)57(62)51-48-45-42-39-21-18-15-12-9-6-3/h16,19,24-27,55-57,61-62H,4-15,17-18,20-23,28-54H2,1-3H3,(H,60,63)/b19-16-,26-24-,27-25+. The molecule has 1 amide bonds. The molecule has 6 heteroatoms. The molecule has 0 fully saturated rings. The molecule has 0 aliphatic rings. The summed E-state index contributed by atoms with van der Waals surface area (Å²) in [5, 5.41) is 23.8. The van der Waals surface area contributed by atoms with Gasteiger partial charge in [0.15, 0.2) is 0 Å². The molecular weight excluding hydrogens is 803 g/mol. The van der Waals surface area contributed by atoms with Gasteiger partial charge in [-0.1, -0.05) is 243 Å². The number of rotatable bonds is 52. The summed E-state index contributed by atoms with van der Waals surface area (Å²) in [6, 6.07) is -0.701. The van der Waals surface area contributed by atoms with Crippen molar-refractivity contribution in [2.45, 2.75) is 322 Å². The second-order valence-corrected chi connectivity index (χ2v) is 19.7. The van der Waals surface area contributed by atoms with Crippen LogP contribution in [0.3, 0.4) is 0 Å². The normalized spacial score (nSPS) is 13.4. The molecule has 0 spiro atoms. The highest BCUT2D eigenvalue weighted by molar-refractivity contribution is 5.77. The lowest BCUT2D eigenvalue weighted by Crippen LogP contribution is -2.46.